The number of fused-ring (bicyclic) bond motifs is 1. The van der Waals surface area contributed by atoms with Crippen LogP contribution in [-0.2, 0) is 16.1 Å². The predicted octanol–water partition coefficient (Wildman–Crippen LogP) is 2.63. The first-order valence-electron chi connectivity index (χ1n) is 7.81. The number of aromatic nitrogens is 3. The summed E-state index contributed by atoms with van der Waals surface area (Å²) in [6, 6.07) is 7.49. The molecule has 132 valence electrons. The molecule has 25 heavy (non-hydrogen) atoms. The Morgan fingerprint density at radius 2 is 2.24 bits per heavy atom. The first kappa shape index (κ1) is 17.3. The molecule has 0 unspecified atom stereocenters. The number of ether oxygens (including phenoxy) is 3. The molecule has 0 amide bonds. The molecule has 0 radical (unpaired) electrons. The van der Waals surface area contributed by atoms with Crippen LogP contribution in [0.25, 0.3) is 0 Å². The van der Waals surface area contributed by atoms with E-state index in [1.54, 1.807) is 13.0 Å². The van der Waals surface area contributed by atoms with Gasteiger partial charge in [0.1, 0.15) is 11.9 Å². The standard InChI is InChI=1S/C17H19N3O4S/c1-4-9-20-15(18-19-17(20)25-11(2)16(21)22-3)14-10-23-12-7-5-6-8-13(12)24-14/h4-8,11,14H,1,9-10H2,2-3H3/t11-,14+/m0/s1. The van der Waals surface area contributed by atoms with Gasteiger partial charge >= 0.3 is 5.97 Å². The first-order chi connectivity index (χ1) is 12.1. The number of carbonyl (C=O) groups excluding carboxylic acids is 1. The van der Waals surface area contributed by atoms with Crippen molar-refractivity contribution in [2.45, 2.75) is 30.0 Å². The average molecular weight is 361 g/mol. The van der Waals surface area contributed by atoms with Crippen molar-refractivity contribution in [2.24, 2.45) is 0 Å². The van der Waals surface area contributed by atoms with Crippen LogP contribution in [0.1, 0.15) is 18.9 Å². The average Bonchev–Trinajstić information content (AvgIpc) is 3.03. The Bertz CT molecular complexity index is 777. The molecule has 0 aliphatic carbocycles. The summed E-state index contributed by atoms with van der Waals surface area (Å²) >= 11 is 1.28. The summed E-state index contributed by atoms with van der Waals surface area (Å²) in [4.78, 5) is 11.7. The lowest BCUT2D eigenvalue weighted by Gasteiger charge is -2.26. The summed E-state index contributed by atoms with van der Waals surface area (Å²) < 4.78 is 18.4. The van der Waals surface area contributed by atoms with Crippen LogP contribution >= 0.6 is 11.8 Å². The summed E-state index contributed by atoms with van der Waals surface area (Å²) in [7, 11) is 1.37. The fourth-order valence-electron chi connectivity index (χ4n) is 2.45. The number of esters is 1. The zero-order chi connectivity index (χ0) is 17.8. The highest BCUT2D eigenvalue weighted by Gasteiger charge is 2.29. The number of carbonyl (C=O) groups is 1. The van der Waals surface area contributed by atoms with E-state index >= 15 is 0 Å². The Balaban J connectivity index is 1.85. The van der Waals surface area contributed by atoms with Crippen molar-refractivity contribution in [2.75, 3.05) is 13.7 Å². The molecule has 2 heterocycles. The van der Waals surface area contributed by atoms with Crippen LogP contribution in [0, 0.1) is 0 Å². The molecule has 1 aromatic carbocycles. The smallest absolute Gasteiger partial charge is 0.318 e. The normalized spacial score (nSPS) is 17.0. The van der Waals surface area contributed by atoms with Gasteiger partial charge in [-0.15, -0.1) is 16.8 Å². The monoisotopic (exact) mass is 361 g/mol. The second kappa shape index (κ2) is 7.60. The van der Waals surface area contributed by atoms with E-state index in [2.05, 4.69) is 16.8 Å². The number of thioether (sulfide) groups is 1. The molecule has 1 aromatic heterocycles. The number of para-hydroxylation sites is 2. The number of benzene rings is 1. The van der Waals surface area contributed by atoms with Gasteiger partial charge in [-0.25, -0.2) is 0 Å². The lowest BCUT2D eigenvalue weighted by Crippen LogP contribution is -2.25. The fraction of sp³-hybridized carbons (Fsp3) is 0.353. The third kappa shape index (κ3) is 3.63. The van der Waals surface area contributed by atoms with Crippen molar-refractivity contribution in [3.8, 4) is 11.5 Å². The zero-order valence-corrected chi connectivity index (χ0v) is 14.9. The quantitative estimate of drug-likeness (QED) is 0.445. The summed E-state index contributed by atoms with van der Waals surface area (Å²) in [6.45, 7) is 6.38. The number of rotatable bonds is 6. The van der Waals surface area contributed by atoms with E-state index in [1.807, 2.05) is 28.8 Å². The fourth-order valence-corrected chi connectivity index (χ4v) is 3.34. The lowest BCUT2D eigenvalue weighted by molar-refractivity contribution is -0.139. The maximum absolute atomic E-state index is 11.7. The molecular weight excluding hydrogens is 342 g/mol. The van der Waals surface area contributed by atoms with Crippen LogP contribution in [0.5, 0.6) is 11.5 Å². The van der Waals surface area contributed by atoms with Crippen LogP contribution in [-0.4, -0.2) is 39.7 Å². The number of hydrogen-bond acceptors (Lipinski definition) is 7. The van der Waals surface area contributed by atoms with Crippen LogP contribution in [0.15, 0.2) is 42.1 Å². The summed E-state index contributed by atoms with van der Waals surface area (Å²) in [6.07, 6.45) is 1.36. The Kier molecular flexibility index (Phi) is 5.28. The van der Waals surface area contributed by atoms with Crippen molar-refractivity contribution < 1.29 is 19.0 Å². The van der Waals surface area contributed by atoms with Gasteiger partial charge in [0.05, 0.1) is 7.11 Å². The van der Waals surface area contributed by atoms with E-state index in [0.29, 0.717) is 35.6 Å². The highest BCUT2D eigenvalue weighted by atomic mass is 32.2. The van der Waals surface area contributed by atoms with Gasteiger partial charge in [-0.2, -0.15) is 0 Å². The summed E-state index contributed by atoms with van der Waals surface area (Å²) in [5.74, 6) is 1.70. The summed E-state index contributed by atoms with van der Waals surface area (Å²) in [5.41, 5.74) is 0. The molecule has 0 saturated heterocycles. The van der Waals surface area contributed by atoms with E-state index in [4.69, 9.17) is 14.2 Å². The molecule has 8 heteroatoms. The minimum atomic E-state index is -0.394. The topological polar surface area (TPSA) is 75.5 Å². The minimum Gasteiger partial charge on any atom is -0.485 e. The largest absolute Gasteiger partial charge is 0.485 e. The van der Waals surface area contributed by atoms with Crippen molar-refractivity contribution in [1.82, 2.24) is 14.8 Å². The Morgan fingerprint density at radius 3 is 2.96 bits per heavy atom. The second-order valence-electron chi connectivity index (χ2n) is 5.39. The van der Waals surface area contributed by atoms with Crippen molar-refractivity contribution in [3.05, 3.63) is 42.7 Å². The number of hydrogen-bond donors (Lipinski definition) is 0. The molecule has 1 aliphatic heterocycles. The van der Waals surface area contributed by atoms with Gasteiger partial charge in [0.15, 0.2) is 28.6 Å². The SMILES string of the molecule is C=CCn1c(S[C@@H](C)C(=O)OC)nnc1[C@H]1COc2ccccc2O1. The molecule has 2 aromatic rings. The molecule has 1 aliphatic rings. The molecule has 0 N–H and O–H groups in total. The molecule has 0 spiro atoms. The van der Waals surface area contributed by atoms with Gasteiger partial charge in [-0.3, -0.25) is 9.36 Å². The third-order valence-electron chi connectivity index (χ3n) is 3.67. The lowest BCUT2D eigenvalue weighted by atomic mass is 10.2. The van der Waals surface area contributed by atoms with Crippen LogP contribution < -0.4 is 9.47 Å². The third-order valence-corrected chi connectivity index (χ3v) is 4.73. The number of allylic oxidation sites excluding steroid dienone is 1. The second-order valence-corrected chi connectivity index (χ2v) is 6.70. The Hall–Kier alpha value is -2.48. The summed E-state index contributed by atoms with van der Waals surface area (Å²) in [5, 5.41) is 8.68. The molecule has 0 fully saturated rings. The highest BCUT2D eigenvalue weighted by molar-refractivity contribution is 8.00. The van der Waals surface area contributed by atoms with Gasteiger partial charge in [0, 0.05) is 6.54 Å². The van der Waals surface area contributed by atoms with Gasteiger partial charge in [-0.1, -0.05) is 30.0 Å². The van der Waals surface area contributed by atoms with E-state index < -0.39 is 5.25 Å². The molecule has 7 nitrogen and oxygen atoms in total. The molecule has 0 bridgehead atoms. The van der Waals surface area contributed by atoms with Crippen LogP contribution in [0.3, 0.4) is 0 Å². The maximum atomic E-state index is 11.7. The first-order valence-corrected chi connectivity index (χ1v) is 8.69. The van der Waals surface area contributed by atoms with E-state index in [9.17, 15) is 4.79 Å². The van der Waals surface area contributed by atoms with Crippen LogP contribution in [0.4, 0.5) is 0 Å². The molecule has 0 saturated carbocycles. The molecule has 3 rings (SSSR count). The van der Waals surface area contributed by atoms with Gasteiger partial charge in [0.2, 0.25) is 0 Å². The highest BCUT2D eigenvalue weighted by Crippen LogP contribution is 2.36. The minimum absolute atomic E-state index is 0.314. The van der Waals surface area contributed by atoms with Gasteiger partial charge in [-0.05, 0) is 19.1 Å². The van der Waals surface area contributed by atoms with E-state index in [1.165, 1.54) is 18.9 Å². The van der Waals surface area contributed by atoms with Gasteiger partial charge < -0.3 is 14.2 Å². The van der Waals surface area contributed by atoms with E-state index in [-0.39, 0.29) is 12.1 Å². The van der Waals surface area contributed by atoms with Crippen molar-refractivity contribution in [3.63, 3.8) is 0 Å². The molecular formula is C17H19N3O4S. The van der Waals surface area contributed by atoms with Crippen LogP contribution in [0.2, 0.25) is 0 Å². The molecule has 2 atom stereocenters. The van der Waals surface area contributed by atoms with Crippen molar-refractivity contribution in [1.29, 1.82) is 0 Å². The number of nitrogens with zero attached hydrogens (tertiary/aromatic N) is 3. The van der Waals surface area contributed by atoms with Crippen molar-refractivity contribution >= 4 is 17.7 Å². The Labute approximate surface area is 150 Å². The van der Waals surface area contributed by atoms with E-state index in [0.717, 1.165) is 0 Å². The van der Waals surface area contributed by atoms with Gasteiger partial charge in [0.25, 0.3) is 0 Å². The predicted molar refractivity (Wildman–Crippen MR) is 92.9 cm³/mol. The maximum Gasteiger partial charge on any atom is 0.318 e. The Morgan fingerprint density at radius 1 is 1.48 bits per heavy atom. The number of methoxy groups -OCH3 is 1. The zero-order valence-electron chi connectivity index (χ0n) is 14.0.